The summed E-state index contributed by atoms with van der Waals surface area (Å²) >= 11 is 1.53. The highest BCUT2D eigenvalue weighted by molar-refractivity contribution is 7.89. The number of benzene rings is 1. The van der Waals surface area contributed by atoms with Crippen molar-refractivity contribution in [3.05, 3.63) is 45.9 Å². The topological polar surface area (TPSA) is 79.4 Å². The van der Waals surface area contributed by atoms with E-state index in [1.807, 2.05) is 18.4 Å². The van der Waals surface area contributed by atoms with E-state index in [-0.39, 0.29) is 11.8 Å². The van der Waals surface area contributed by atoms with Gasteiger partial charge in [-0.15, -0.1) is 11.3 Å². The van der Waals surface area contributed by atoms with Crippen LogP contribution in [-0.4, -0.2) is 36.7 Å². The summed E-state index contributed by atoms with van der Waals surface area (Å²) in [4.78, 5) is 16.0. The van der Waals surface area contributed by atoms with Gasteiger partial charge in [0.15, 0.2) is 0 Å². The zero-order valence-corrected chi connectivity index (χ0v) is 16.6. The van der Waals surface area contributed by atoms with Gasteiger partial charge >= 0.3 is 0 Å². The van der Waals surface area contributed by atoms with Gasteiger partial charge < -0.3 is 5.32 Å². The fraction of sp³-hybridized carbons (Fsp3) is 0.444. The number of carbonyl (C=O) groups is 1. The fourth-order valence-electron chi connectivity index (χ4n) is 3.09. The van der Waals surface area contributed by atoms with Crippen LogP contribution in [0, 0.1) is 6.92 Å². The van der Waals surface area contributed by atoms with E-state index in [4.69, 9.17) is 0 Å². The van der Waals surface area contributed by atoms with Crippen molar-refractivity contribution in [3.63, 3.8) is 0 Å². The van der Waals surface area contributed by atoms with Crippen molar-refractivity contribution in [1.29, 1.82) is 0 Å². The third kappa shape index (κ3) is 4.31. The quantitative estimate of drug-likeness (QED) is 0.847. The molecule has 8 heteroatoms. The second kappa shape index (κ2) is 7.85. The zero-order valence-electron chi connectivity index (χ0n) is 14.9. The second-order valence-corrected chi connectivity index (χ2v) is 9.43. The van der Waals surface area contributed by atoms with Gasteiger partial charge in [-0.2, -0.15) is 4.31 Å². The summed E-state index contributed by atoms with van der Waals surface area (Å²) < 4.78 is 27.5. The number of hydrogen-bond acceptors (Lipinski definition) is 5. The van der Waals surface area contributed by atoms with E-state index >= 15 is 0 Å². The first-order chi connectivity index (χ1) is 12.4. The highest BCUT2D eigenvalue weighted by Crippen LogP contribution is 2.32. The smallest absolute Gasteiger partial charge is 0.243 e. The Labute approximate surface area is 158 Å². The van der Waals surface area contributed by atoms with Gasteiger partial charge in [0.1, 0.15) is 0 Å². The van der Waals surface area contributed by atoms with Gasteiger partial charge in [0.05, 0.1) is 22.1 Å². The van der Waals surface area contributed by atoms with Gasteiger partial charge in [-0.25, -0.2) is 13.4 Å². The third-order valence-corrected chi connectivity index (χ3v) is 7.37. The Balaban J connectivity index is 1.74. The van der Waals surface area contributed by atoms with Crippen LogP contribution in [0.25, 0.3) is 0 Å². The molecule has 0 radical (unpaired) electrons. The number of amides is 1. The Morgan fingerprint density at radius 2 is 2.23 bits per heavy atom. The molecule has 1 aliphatic rings. The molecule has 1 saturated heterocycles. The van der Waals surface area contributed by atoms with E-state index in [0.29, 0.717) is 24.5 Å². The van der Waals surface area contributed by atoms with Gasteiger partial charge in [0.2, 0.25) is 15.9 Å². The van der Waals surface area contributed by atoms with E-state index in [0.717, 1.165) is 29.1 Å². The molecule has 1 aromatic carbocycles. The second-order valence-electron chi connectivity index (χ2n) is 6.61. The van der Waals surface area contributed by atoms with Gasteiger partial charge in [-0.05, 0) is 37.5 Å². The van der Waals surface area contributed by atoms with Crippen LogP contribution in [0.5, 0.6) is 0 Å². The minimum atomic E-state index is -3.49. The van der Waals surface area contributed by atoms with E-state index in [2.05, 4.69) is 10.3 Å². The highest BCUT2D eigenvalue weighted by atomic mass is 32.2. The van der Waals surface area contributed by atoms with Crippen LogP contribution in [0.4, 0.5) is 0 Å². The normalized spacial score (nSPS) is 18.6. The molecule has 1 atom stereocenters. The molecule has 1 aliphatic heterocycles. The molecule has 0 saturated carbocycles. The predicted molar refractivity (Wildman–Crippen MR) is 102 cm³/mol. The van der Waals surface area contributed by atoms with E-state index in [1.54, 1.807) is 22.5 Å². The maximum Gasteiger partial charge on any atom is 0.243 e. The van der Waals surface area contributed by atoms with Crippen molar-refractivity contribution in [1.82, 2.24) is 14.6 Å². The molecule has 3 rings (SSSR count). The summed E-state index contributed by atoms with van der Waals surface area (Å²) in [5, 5.41) is 5.61. The molecular weight excluding hydrogens is 370 g/mol. The van der Waals surface area contributed by atoms with E-state index in [1.165, 1.54) is 18.3 Å². The molecule has 2 aromatic rings. The lowest BCUT2D eigenvalue weighted by molar-refractivity contribution is -0.119. The van der Waals surface area contributed by atoms with Crippen molar-refractivity contribution >= 4 is 27.3 Å². The molecular formula is C18H23N3O3S2. The average molecular weight is 394 g/mol. The van der Waals surface area contributed by atoms with Crippen LogP contribution in [0.15, 0.2) is 34.5 Å². The molecule has 140 valence electrons. The Hall–Kier alpha value is -1.77. The molecule has 6 nitrogen and oxygen atoms in total. The van der Waals surface area contributed by atoms with Crippen molar-refractivity contribution in [2.24, 2.45) is 0 Å². The van der Waals surface area contributed by atoms with Crippen molar-refractivity contribution in [3.8, 4) is 0 Å². The summed E-state index contributed by atoms with van der Waals surface area (Å²) in [5.74, 6) is 0.00653. The number of nitrogens with one attached hydrogen (secondary N) is 1. The summed E-state index contributed by atoms with van der Waals surface area (Å²) in [6.45, 7) is 4.76. The average Bonchev–Trinajstić information content (AvgIpc) is 3.09. The monoisotopic (exact) mass is 393 g/mol. The molecule has 0 spiro atoms. The maximum atomic E-state index is 13.0. The Kier molecular flexibility index (Phi) is 5.74. The molecule has 1 fully saturated rings. The Morgan fingerprint density at radius 3 is 2.96 bits per heavy atom. The third-order valence-electron chi connectivity index (χ3n) is 4.45. The molecule has 1 aromatic heterocycles. The number of aromatic nitrogens is 1. The van der Waals surface area contributed by atoms with Crippen LogP contribution in [0.1, 0.15) is 41.9 Å². The van der Waals surface area contributed by atoms with Gasteiger partial charge in [-0.3, -0.25) is 4.79 Å². The first kappa shape index (κ1) is 19.0. The number of sulfonamides is 1. The highest BCUT2D eigenvalue weighted by Gasteiger charge is 2.32. The number of rotatable bonds is 5. The van der Waals surface area contributed by atoms with Crippen molar-refractivity contribution in [2.45, 2.75) is 44.0 Å². The Morgan fingerprint density at radius 1 is 1.42 bits per heavy atom. The molecule has 2 heterocycles. The standard InChI is InChI=1S/C18H23N3O3S2/c1-13-5-3-7-17(9-13)26(23,24)21-8-4-6-15(11-21)18-20-16(12-25-18)10-19-14(2)22/h3,5,7,9,12,15H,4,6,8,10-11H2,1-2H3,(H,19,22)/t15-/m0/s1. The molecule has 0 aliphatic carbocycles. The van der Waals surface area contributed by atoms with Crippen LogP contribution >= 0.6 is 11.3 Å². The van der Waals surface area contributed by atoms with Gasteiger partial charge in [0.25, 0.3) is 0 Å². The SMILES string of the molecule is CC(=O)NCc1csc([C@H]2CCCN(S(=O)(=O)c3cccc(C)c3)C2)n1. The molecule has 0 bridgehead atoms. The summed E-state index contributed by atoms with van der Waals surface area (Å²) in [6.07, 6.45) is 1.74. The van der Waals surface area contributed by atoms with Crippen LogP contribution in [0.2, 0.25) is 0 Å². The molecule has 0 unspecified atom stereocenters. The summed E-state index contributed by atoms with van der Waals surface area (Å²) in [6, 6.07) is 7.04. The number of piperidine rings is 1. The lowest BCUT2D eigenvalue weighted by Gasteiger charge is -2.31. The number of nitrogens with zero attached hydrogens (tertiary/aromatic N) is 2. The van der Waals surface area contributed by atoms with E-state index < -0.39 is 10.0 Å². The summed E-state index contributed by atoms with van der Waals surface area (Å²) in [5.41, 5.74) is 1.75. The molecule has 1 amide bonds. The number of aryl methyl sites for hydroxylation is 1. The minimum absolute atomic E-state index is 0.0901. The fourth-order valence-corrected chi connectivity index (χ4v) is 5.67. The molecule has 26 heavy (non-hydrogen) atoms. The number of hydrogen-bond donors (Lipinski definition) is 1. The Bertz CT molecular complexity index is 893. The number of thiazole rings is 1. The van der Waals surface area contributed by atoms with E-state index in [9.17, 15) is 13.2 Å². The molecule has 1 N–H and O–H groups in total. The first-order valence-electron chi connectivity index (χ1n) is 8.62. The van der Waals surface area contributed by atoms with Crippen molar-refractivity contribution in [2.75, 3.05) is 13.1 Å². The minimum Gasteiger partial charge on any atom is -0.351 e. The van der Waals surface area contributed by atoms with Gasteiger partial charge in [-0.1, -0.05) is 12.1 Å². The number of carbonyl (C=O) groups excluding carboxylic acids is 1. The van der Waals surface area contributed by atoms with Crippen LogP contribution in [0.3, 0.4) is 0 Å². The van der Waals surface area contributed by atoms with Crippen LogP contribution in [-0.2, 0) is 21.4 Å². The largest absolute Gasteiger partial charge is 0.351 e. The van der Waals surface area contributed by atoms with Gasteiger partial charge in [0, 0.05) is 31.3 Å². The maximum absolute atomic E-state index is 13.0. The summed E-state index contributed by atoms with van der Waals surface area (Å²) in [7, 11) is -3.49. The first-order valence-corrected chi connectivity index (χ1v) is 10.9. The lowest BCUT2D eigenvalue weighted by atomic mass is 10.0. The van der Waals surface area contributed by atoms with Crippen LogP contribution < -0.4 is 5.32 Å². The predicted octanol–water partition coefficient (Wildman–Crippen LogP) is 2.66. The zero-order chi connectivity index (χ0) is 18.7. The van der Waals surface area contributed by atoms with Crippen molar-refractivity contribution < 1.29 is 13.2 Å². The lowest BCUT2D eigenvalue weighted by Crippen LogP contribution is -2.39.